The van der Waals surface area contributed by atoms with Crippen molar-refractivity contribution in [1.29, 1.82) is 0 Å². The number of aliphatic hydroxyl groups excluding tert-OH is 4. The molecule has 0 aromatic heterocycles. The highest BCUT2D eigenvalue weighted by Crippen LogP contribution is 2.18. The first-order valence-electron chi connectivity index (χ1n) is 3.65. The molecule has 0 radical (unpaired) electrons. The second kappa shape index (κ2) is 3.65. The van der Waals surface area contributed by atoms with Crippen molar-refractivity contribution >= 4 is 0 Å². The van der Waals surface area contributed by atoms with Gasteiger partial charge in [-0.15, -0.1) is 0 Å². The number of hydrogen-bond acceptors (Lipinski definition) is 6. The molecule has 0 bridgehead atoms. The van der Waals surface area contributed by atoms with E-state index < -0.39 is 30.7 Å². The molecule has 1 aliphatic rings. The van der Waals surface area contributed by atoms with Gasteiger partial charge in [0, 0.05) is 6.54 Å². The van der Waals surface area contributed by atoms with Gasteiger partial charge in [-0.1, -0.05) is 0 Å². The maximum Gasteiger partial charge on any atom is 0.184 e. The van der Waals surface area contributed by atoms with Crippen molar-refractivity contribution < 1.29 is 25.2 Å². The molecular formula is C6H13NO5. The highest BCUT2D eigenvalue weighted by molar-refractivity contribution is 4.88. The fourth-order valence-electron chi connectivity index (χ4n) is 1.13. The minimum Gasteiger partial charge on any atom is -0.388 e. The zero-order chi connectivity index (χ0) is 9.30. The van der Waals surface area contributed by atoms with E-state index in [4.69, 9.17) is 25.8 Å². The van der Waals surface area contributed by atoms with Crippen LogP contribution < -0.4 is 5.73 Å². The minimum atomic E-state index is -1.49. The first-order valence-corrected chi connectivity index (χ1v) is 3.65. The Kier molecular flexibility index (Phi) is 2.99. The van der Waals surface area contributed by atoms with Gasteiger partial charge in [-0.25, -0.2) is 0 Å². The largest absolute Gasteiger partial charge is 0.388 e. The molecule has 6 N–H and O–H groups in total. The number of hydrogen-bond donors (Lipinski definition) is 5. The lowest BCUT2D eigenvalue weighted by atomic mass is 9.99. The maximum absolute atomic E-state index is 9.20. The Bertz CT molecular complexity index is 150. The van der Waals surface area contributed by atoms with Gasteiger partial charge in [0.15, 0.2) is 6.29 Å². The average Bonchev–Trinajstić information content (AvgIpc) is 2.08. The zero-order valence-electron chi connectivity index (χ0n) is 6.37. The summed E-state index contributed by atoms with van der Waals surface area (Å²) in [4.78, 5) is 0. The van der Waals surface area contributed by atoms with Crippen LogP contribution in [0.2, 0.25) is 0 Å². The summed E-state index contributed by atoms with van der Waals surface area (Å²) in [5.41, 5.74) is 5.17. The van der Waals surface area contributed by atoms with Crippen molar-refractivity contribution in [2.45, 2.75) is 30.7 Å². The molecule has 0 saturated carbocycles. The maximum atomic E-state index is 9.20. The third-order valence-corrected chi connectivity index (χ3v) is 1.92. The van der Waals surface area contributed by atoms with Crippen molar-refractivity contribution in [3.63, 3.8) is 0 Å². The van der Waals surface area contributed by atoms with Crippen LogP contribution in [0, 0.1) is 0 Å². The van der Waals surface area contributed by atoms with Crippen LogP contribution in [0.15, 0.2) is 0 Å². The fourth-order valence-corrected chi connectivity index (χ4v) is 1.13. The van der Waals surface area contributed by atoms with Crippen molar-refractivity contribution in [3.05, 3.63) is 0 Å². The lowest BCUT2D eigenvalue weighted by molar-refractivity contribution is -0.279. The molecule has 1 saturated heterocycles. The molecule has 1 heterocycles. The Morgan fingerprint density at radius 3 is 2.08 bits per heavy atom. The van der Waals surface area contributed by atoms with Gasteiger partial charge in [-0.05, 0) is 0 Å². The molecule has 6 nitrogen and oxygen atoms in total. The molecule has 1 aliphatic heterocycles. The van der Waals surface area contributed by atoms with Crippen LogP contribution in [0.25, 0.3) is 0 Å². The second-order valence-electron chi connectivity index (χ2n) is 2.77. The number of nitrogens with two attached hydrogens (primary N) is 1. The van der Waals surface area contributed by atoms with Crippen molar-refractivity contribution in [2.75, 3.05) is 6.54 Å². The average molecular weight is 179 g/mol. The highest BCUT2D eigenvalue weighted by atomic mass is 16.6. The SMILES string of the molecule is NCC1OC(O)C(O)[C@H](O)C1O. The Labute approximate surface area is 69.2 Å². The number of rotatable bonds is 1. The monoisotopic (exact) mass is 179 g/mol. The fraction of sp³-hybridized carbons (Fsp3) is 1.00. The van der Waals surface area contributed by atoms with Crippen LogP contribution in [-0.4, -0.2) is 57.7 Å². The van der Waals surface area contributed by atoms with Crippen LogP contribution in [-0.2, 0) is 4.74 Å². The van der Waals surface area contributed by atoms with Gasteiger partial charge in [-0.3, -0.25) is 0 Å². The molecule has 1 fully saturated rings. The molecular weight excluding hydrogens is 166 g/mol. The van der Waals surface area contributed by atoms with E-state index in [9.17, 15) is 5.11 Å². The molecule has 5 atom stereocenters. The molecule has 0 aromatic carbocycles. The highest BCUT2D eigenvalue weighted by Gasteiger charge is 2.42. The van der Waals surface area contributed by atoms with Gasteiger partial charge in [0.05, 0.1) is 0 Å². The van der Waals surface area contributed by atoms with Gasteiger partial charge >= 0.3 is 0 Å². The molecule has 0 aliphatic carbocycles. The van der Waals surface area contributed by atoms with E-state index in [0.29, 0.717) is 0 Å². The quantitative estimate of drug-likeness (QED) is 0.288. The summed E-state index contributed by atoms with van der Waals surface area (Å²) in [5.74, 6) is 0. The Hall–Kier alpha value is -0.240. The lowest BCUT2D eigenvalue weighted by Crippen LogP contribution is -2.59. The Morgan fingerprint density at radius 1 is 1.00 bits per heavy atom. The summed E-state index contributed by atoms with van der Waals surface area (Å²) in [6, 6.07) is 0. The summed E-state index contributed by atoms with van der Waals surface area (Å²) < 4.78 is 4.70. The Morgan fingerprint density at radius 2 is 1.58 bits per heavy atom. The molecule has 0 amide bonds. The van der Waals surface area contributed by atoms with Crippen molar-refractivity contribution in [1.82, 2.24) is 0 Å². The van der Waals surface area contributed by atoms with Crippen LogP contribution in [0.1, 0.15) is 0 Å². The van der Waals surface area contributed by atoms with Gasteiger partial charge in [-0.2, -0.15) is 0 Å². The summed E-state index contributed by atoms with van der Waals surface area (Å²) in [7, 11) is 0. The van der Waals surface area contributed by atoms with Gasteiger partial charge < -0.3 is 30.9 Å². The van der Waals surface area contributed by atoms with Crippen LogP contribution >= 0.6 is 0 Å². The van der Waals surface area contributed by atoms with Crippen LogP contribution in [0.3, 0.4) is 0 Å². The van der Waals surface area contributed by atoms with E-state index in [-0.39, 0.29) is 6.54 Å². The summed E-state index contributed by atoms with van der Waals surface area (Å²) in [5, 5.41) is 36.3. The third kappa shape index (κ3) is 1.58. The molecule has 4 unspecified atom stereocenters. The normalized spacial score (nSPS) is 49.2. The van der Waals surface area contributed by atoms with E-state index in [1.54, 1.807) is 0 Å². The molecule has 72 valence electrons. The van der Waals surface area contributed by atoms with Crippen molar-refractivity contribution in [2.24, 2.45) is 5.73 Å². The van der Waals surface area contributed by atoms with Gasteiger partial charge in [0.1, 0.15) is 24.4 Å². The number of ether oxygens (including phenoxy) is 1. The molecule has 0 aromatic rings. The van der Waals surface area contributed by atoms with Crippen LogP contribution in [0.5, 0.6) is 0 Å². The van der Waals surface area contributed by atoms with E-state index >= 15 is 0 Å². The lowest BCUT2D eigenvalue weighted by Gasteiger charge is -2.37. The minimum absolute atomic E-state index is 0.0258. The van der Waals surface area contributed by atoms with E-state index in [1.165, 1.54) is 0 Å². The van der Waals surface area contributed by atoms with E-state index in [2.05, 4.69) is 0 Å². The zero-order valence-corrected chi connectivity index (χ0v) is 6.37. The standard InChI is InChI=1S/C6H13NO5/c7-1-2-3(8)4(9)5(10)6(11)12-2/h2-6,8-11H,1,7H2/t2?,3?,4-,5?,6?/m1/s1. The third-order valence-electron chi connectivity index (χ3n) is 1.92. The summed E-state index contributed by atoms with van der Waals surface area (Å²) in [6.45, 7) is -0.0258. The van der Waals surface area contributed by atoms with Crippen LogP contribution in [0.4, 0.5) is 0 Å². The molecule has 6 heteroatoms. The first-order chi connectivity index (χ1) is 5.57. The number of aliphatic hydroxyl groups is 4. The first kappa shape index (κ1) is 9.85. The topological polar surface area (TPSA) is 116 Å². The predicted molar refractivity (Wildman–Crippen MR) is 38.0 cm³/mol. The van der Waals surface area contributed by atoms with E-state index in [0.717, 1.165) is 0 Å². The molecule has 12 heavy (non-hydrogen) atoms. The van der Waals surface area contributed by atoms with Gasteiger partial charge in [0.25, 0.3) is 0 Å². The molecule has 0 spiro atoms. The summed E-state index contributed by atoms with van der Waals surface area (Å²) in [6.07, 6.45) is -6.48. The molecule has 1 rings (SSSR count). The van der Waals surface area contributed by atoms with E-state index in [1.807, 2.05) is 0 Å². The predicted octanol–water partition coefficient (Wildman–Crippen LogP) is -3.25. The summed E-state index contributed by atoms with van der Waals surface area (Å²) >= 11 is 0. The Balaban J connectivity index is 2.63. The van der Waals surface area contributed by atoms with Crippen molar-refractivity contribution in [3.8, 4) is 0 Å². The smallest absolute Gasteiger partial charge is 0.184 e. The van der Waals surface area contributed by atoms with Gasteiger partial charge in [0.2, 0.25) is 0 Å². The second-order valence-corrected chi connectivity index (χ2v) is 2.77.